The Kier molecular flexibility index (Phi) is 10.3. The van der Waals surface area contributed by atoms with Gasteiger partial charge in [-0.15, -0.1) is 24.0 Å². The van der Waals surface area contributed by atoms with Gasteiger partial charge in [0.05, 0.1) is 11.0 Å². The Hall–Kier alpha value is -2.62. The molecule has 0 spiro atoms. The van der Waals surface area contributed by atoms with E-state index in [4.69, 9.17) is 0 Å². The van der Waals surface area contributed by atoms with Gasteiger partial charge >= 0.3 is 0 Å². The van der Waals surface area contributed by atoms with Gasteiger partial charge < -0.3 is 20.5 Å². The number of amides is 1. The van der Waals surface area contributed by atoms with Crippen LogP contribution in [0.5, 0.6) is 0 Å². The van der Waals surface area contributed by atoms with Crippen LogP contribution in [-0.2, 0) is 6.54 Å². The van der Waals surface area contributed by atoms with Gasteiger partial charge in [-0.25, -0.2) is 4.98 Å². The number of imidazole rings is 1. The second kappa shape index (κ2) is 12.9. The van der Waals surface area contributed by atoms with Crippen molar-refractivity contribution in [1.29, 1.82) is 0 Å². The van der Waals surface area contributed by atoms with Crippen LogP contribution in [0.3, 0.4) is 0 Å². The van der Waals surface area contributed by atoms with E-state index in [1.165, 1.54) is 0 Å². The molecule has 0 aliphatic carbocycles. The zero-order chi connectivity index (χ0) is 21.2. The van der Waals surface area contributed by atoms with Gasteiger partial charge in [0, 0.05) is 38.3 Å². The number of carbonyl (C=O) groups excluding carboxylic acids is 1. The minimum absolute atomic E-state index is 0. The third kappa shape index (κ3) is 7.23. The molecule has 0 aliphatic rings. The molecule has 0 saturated carbocycles. The van der Waals surface area contributed by atoms with Gasteiger partial charge in [0.2, 0.25) is 0 Å². The van der Waals surface area contributed by atoms with Crippen LogP contribution in [0.1, 0.15) is 29.5 Å². The second-order valence-corrected chi connectivity index (χ2v) is 6.96. The predicted octanol–water partition coefficient (Wildman–Crippen LogP) is 3.34. The van der Waals surface area contributed by atoms with Crippen molar-refractivity contribution in [2.75, 3.05) is 26.2 Å². The first kappa shape index (κ1) is 24.6. The monoisotopic (exact) mass is 534 g/mol. The van der Waals surface area contributed by atoms with Crippen LogP contribution in [0.15, 0.2) is 59.6 Å². The maximum absolute atomic E-state index is 12.1. The van der Waals surface area contributed by atoms with Crippen LogP contribution in [0.2, 0.25) is 0 Å². The van der Waals surface area contributed by atoms with Crippen molar-refractivity contribution in [3.05, 3.63) is 66.0 Å². The molecule has 166 valence electrons. The van der Waals surface area contributed by atoms with E-state index < -0.39 is 0 Å². The van der Waals surface area contributed by atoms with Gasteiger partial charge in [0.25, 0.3) is 5.91 Å². The summed E-state index contributed by atoms with van der Waals surface area (Å²) in [5, 5.41) is 9.42. The Morgan fingerprint density at radius 3 is 2.48 bits per heavy atom. The van der Waals surface area contributed by atoms with Crippen molar-refractivity contribution in [3.8, 4) is 0 Å². The summed E-state index contributed by atoms with van der Waals surface area (Å²) in [6, 6.07) is 17.4. The van der Waals surface area contributed by atoms with E-state index in [0.717, 1.165) is 42.3 Å². The third-order valence-electron chi connectivity index (χ3n) is 4.74. The topological polar surface area (TPSA) is 83.3 Å². The van der Waals surface area contributed by atoms with Gasteiger partial charge in [-0.2, -0.15) is 0 Å². The largest absolute Gasteiger partial charge is 0.357 e. The van der Waals surface area contributed by atoms with Gasteiger partial charge in [0.1, 0.15) is 5.82 Å². The Morgan fingerprint density at radius 1 is 1.00 bits per heavy atom. The summed E-state index contributed by atoms with van der Waals surface area (Å²) >= 11 is 0. The number of halogens is 1. The minimum atomic E-state index is -0.0673. The first-order valence-electron chi connectivity index (χ1n) is 10.5. The fraction of sp³-hybridized carbons (Fsp3) is 0.348. The van der Waals surface area contributed by atoms with E-state index in [1.54, 1.807) is 12.1 Å². The number of aryl methyl sites for hydroxylation is 2. The number of aromatic nitrogens is 2. The molecule has 0 bridgehead atoms. The highest BCUT2D eigenvalue weighted by atomic mass is 127. The Morgan fingerprint density at radius 2 is 1.71 bits per heavy atom. The molecule has 8 heteroatoms. The molecule has 3 rings (SSSR count). The van der Waals surface area contributed by atoms with E-state index in [9.17, 15) is 4.79 Å². The van der Waals surface area contributed by atoms with Crippen LogP contribution in [0.25, 0.3) is 11.0 Å². The van der Waals surface area contributed by atoms with Crippen molar-refractivity contribution in [2.24, 2.45) is 4.99 Å². The lowest BCUT2D eigenvalue weighted by atomic mass is 10.2. The predicted molar refractivity (Wildman–Crippen MR) is 137 cm³/mol. The number of hydrogen-bond donors (Lipinski definition) is 3. The quantitative estimate of drug-likeness (QED) is 0.170. The number of nitrogens with one attached hydrogen (secondary N) is 3. The van der Waals surface area contributed by atoms with Crippen molar-refractivity contribution in [3.63, 3.8) is 0 Å². The number of guanidine groups is 1. The van der Waals surface area contributed by atoms with Crippen LogP contribution in [-0.4, -0.2) is 47.6 Å². The van der Waals surface area contributed by atoms with E-state index in [-0.39, 0.29) is 29.9 Å². The highest BCUT2D eigenvalue weighted by molar-refractivity contribution is 14.0. The number of para-hydroxylation sites is 2. The summed E-state index contributed by atoms with van der Waals surface area (Å²) in [4.78, 5) is 21.3. The number of rotatable bonds is 9. The fourth-order valence-corrected chi connectivity index (χ4v) is 3.29. The standard InChI is InChI=1S/C23H30N6O.HI/c1-3-24-23(27-16-15-25-22(30)19-10-5-4-6-11-19)26-14-9-17-29-18(2)28-20-12-7-8-13-21(20)29;/h4-8,10-13H,3,9,14-17H2,1-2H3,(H,25,30)(H2,24,26,27);1H. The molecule has 0 atom stereocenters. The van der Waals surface area contributed by atoms with Gasteiger partial charge in [-0.1, -0.05) is 30.3 Å². The first-order chi connectivity index (χ1) is 14.7. The first-order valence-corrected chi connectivity index (χ1v) is 10.5. The van der Waals surface area contributed by atoms with Crippen molar-refractivity contribution < 1.29 is 4.79 Å². The molecule has 1 amide bonds. The average Bonchev–Trinajstić information content (AvgIpc) is 3.09. The van der Waals surface area contributed by atoms with E-state index in [0.29, 0.717) is 25.2 Å². The highest BCUT2D eigenvalue weighted by Crippen LogP contribution is 2.15. The molecule has 1 aromatic heterocycles. The Balaban J connectivity index is 0.00000341. The number of hydrogen-bond acceptors (Lipinski definition) is 3. The number of nitrogens with zero attached hydrogens (tertiary/aromatic N) is 3. The maximum Gasteiger partial charge on any atom is 0.251 e. The average molecular weight is 534 g/mol. The summed E-state index contributed by atoms with van der Waals surface area (Å²) in [5.41, 5.74) is 2.87. The van der Waals surface area contributed by atoms with E-state index in [1.807, 2.05) is 50.2 Å². The smallest absolute Gasteiger partial charge is 0.251 e. The van der Waals surface area contributed by atoms with Crippen LogP contribution < -0.4 is 16.0 Å². The number of carbonyl (C=O) groups is 1. The minimum Gasteiger partial charge on any atom is -0.357 e. The van der Waals surface area contributed by atoms with Crippen molar-refractivity contribution in [1.82, 2.24) is 25.5 Å². The van der Waals surface area contributed by atoms with Crippen molar-refractivity contribution in [2.45, 2.75) is 26.8 Å². The summed E-state index contributed by atoms with van der Waals surface area (Å²) in [7, 11) is 0. The third-order valence-corrected chi connectivity index (χ3v) is 4.74. The highest BCUT2D eigenvalue weighted by Gasteiger charge is 2.06. The zero-order valence-electron chi connectivity index (χ0n) is 18.1. The van der Waals surface area contributed by atoms with Crippen LogP contribution in [0, 0.1) is 6.92 Å². The van der Waals surface area contributed by atoms with Gasteiger partial charge in [-0.3, -0.25) is 9.79 Å². The lowest BCUT2D eigenvalue weighted by Gasteiger charge is -2.12. The molecule has 3 N–H and O–H groups in total. The molecule has 0 saturated heterocycles. The Bertz CT molecular complexity index is 986. The lowest BCUT2D eigenvalue weighted by Crippen LogP contribution is -2.41. The lowest BCUT2D eigenvalue weighted by molar-refractivity contribution is 0.0954. The van der Waals surface area contributed by atoms with Gasteiger partial charge in [-0.05, 0) is 44.5 Å². The molecule has 2 aromatic carbocycles. The number of aliphatic imine (C=N–C) groups is 1. The summed E-state index contributed by atoms with van der Waals surface area (Å²) in [5.74, 6) is 1.72. The summed E-state index contributed by atoms with van der Waals surface area (Å²) in [6.45, 7) is 7.58. The van der Waals surface area contributed by atoms with Crippen LogP contribution in [0.4, 0.5) is 0 Å². The SMILES string of the molecule is CCNC(=NCCCn1c(C)nc2ccccc21)NCCNC(=O)c1ccccc1.I. The molecule has 0 unspecified atom stereocenters. The molecular weight excluding hydrogens is 503 g/mol. The van der Waals surface area contributed by atoms with Crippen LogP contribution >= 0.6 is 24.0 Å². The van der Waals surface area contributed by atoms with E-state index >= 15 is 0 Å². The van der Waals surface area contributed by atoms with Crippen molar-refractivity contribution >= 4 is 46.9 Å². The number of fused-ring (bicyclic) bond motifs is 1. The summed E-state index contributed by atoms with van der Waals surface area (Å²) in [6.07, 6.45) is 0.919. The molecule has 3 aromatic rings. The molecule has 0 fully saturated rings. The zero-order valence-corrected chi connectivity index (χ0v) is 20.4. The Labute approximate surface area is 200 Å². The second-order valence-electron chi connectivity index (χ2n) is 6.96. The number of benzene rings is 2. The van der Waals surface area contributed by atoms with E-state index in [2.05, 4.69) is 36.6 Å². The molecule has 1 heterocycles. The normalized spacial score (nSPS) is 11.1. The molecule has 0 radical (unpaired) electrons. The molecule has 7 nitrogen and oxygen atoms in total. The van der Waals surface area contributed by atoms with Gasteiger partial charge in [0.15, 0.2) is 5.96 Å². The molecule has 31 heavy (non-hydrogen) atoms. The maximum atomic E-state index is 12.1. The summed E-state index contributed by atoms with van der Waals surface area (Å²) < 4.78 is 2.24. The fourth-order valence-electron chi connectivity index (χ4n) is 3.29. The molecule has 0 aliphatic heterocycles. The molecular formula is C23H31IN6O.